The number of anilines is 1. The van der Waals surface area contributed by atoms with E-state index >= 15 is 0 Å². The number of imide groups is 1. The minimum Gasteiger partial charge on any atom is -0.274 e. The SMILES string of the molecule is Cc1cc(C)c(C)c(S(=O)(=O)N(Cc2cccnc2)C2CC(=O)N(c3ccc(F)cc3)C2=O)c1C. The van der Waals surface area contributed by atoms with Crippen molar-refractivity contribution >= 4 is 27.5 Å². The molecule has 9 heteroatoms. The Kier molecular flexibility index (Phi) is 6.57. The number of nitrogens with zero attached hydrogens (tertiary/aromatic N) is 3. The lowest BCUT2D eigenvalue weighted by molar-refractivity contribution is -0.122. The zero-order chi connectivity index (χ0) is 25.5. The first kappa shape index (κ1) is 24.7. The first-order valence-corrected chi connectivity index (χ1v) is 12.6. The Labute approximate surface area is 204 Å². The van der Waals surface area contributed by atoms with Crippen LogP contribution in [0.15, 0.2) is 59.8 Å². The van der Waals surface area contributed by atoms with Crippen molar-refractivity contribution in [3.8, 4) is 0 Å². The van der Waals surface area contributed by atoms with Gasteiger partial charge in [0.2, 0.25) is 15.9 Å². The molecule has 1 fully saturated rings. The predicted molar refractivity (Wildman–Crippen MR) is 130 cm³/mol. The molecule has 7 nitrogen and oxygen atoms in total. The summed E-state index contributed by atoms with van der Waals surface area (Å²) < 4.78 is 42.9. The fourth-order valence-electron chi connectivity index (χ4n) is 4.42. The van der Waals surface area contributed by atoms with Crippen LogP contribution in [0.25, 0.3) is 0 Å². The van der Waals surface area contributed by atoms with Gasteiger partial charge in [0.25, 0.3) is 5.91 Å². The Morgan fingerprint density at radius 1 is 1.03 bits per heavy atom. The lowest BCUT2D eigenvalue weighted by Crippen LogP contribution is -2.45. The van der Waals surface area contributed by atoms with Gasteiger partial charge in [-0.15, -0.1) is 0 Å². The molecule has 0 aliphatic carbocycles. The monoisotopic (exact) mass is 495 g/mol. The number of aryl methyl sites for hydroxylation is 2. The Morgan fingerprint density at radius 3 is 2.23 bits per heavy atom. The summed E-state index contributed by atoms with van der Waals surface area (Å²) in [5, 5.41) is 0. The van der Waals surface area contributed by atoms with E-state index in [1.54, 1.807) is 32.2 Å². The van der Waals surface area contributed by atoms with Crippen LogP contribution in [0.2, 0.25) is 0 Å². The van der Waals surface area contributed by atoms with Crippen molar-refractivity contribution in [3.63, 3.8) is 0 Å². The summed E-state index contributed by atoms with van der Waals surface area (Å²) in [7, 11) is -4.21. The fourth-order valence-corrected chi connectivity index (χ4v) is 6.57. The van der Waals surface area contributed by atoms with Gasteiger partial charge in [-0.25, -0.2) is 17.7 Å². The largest absolute Gasteiger partial charge is 0.274 e. The number of benzene rings is 2. The van der Waals surface area contributed by atoms with Gasteiger partial charge in [-0.1, -0.05) is 12.1 Å². The third-order valence-corrected chi connectivity index (χ3v) is 8.61. The molecule has 2 heterocycles. The van der Waals surface area contributed by atoms with Gasteiger partial charge in [0.15, 0.2) is 0 Å². The van der Waals surface area contributed by atoms with E-state index in [1.165, 1.54) is 18.3 Å². The first-order valence-electron chi connectivity index (χ1n) is 11.1. The highest BCUT2D eigenvalue weighted by molar-refractivity contribution is 7.89. The van der Waals surface area contributed by atoms with E-state index in [9.17, 15) is 22.4 Å². The number of sulfonamides is 1. The number of carbonyl (C=O) groups excluding carboxylic acids is 2. The van der Waals surface area contributed by atoms with Crippen molar-refractivity contribution in [2.24, 2.45) is 0 Å². The van der Waals surface area contributed by atoms with Crippen molar-refractivity contribution < 1.29 is 22.4 Å². The maximum absolute atomic E-state index is 14.2. The Morgan fingerprint density at radius 2 is 1.66 bits per heavy atom. The van der Waals surface area contributed by atoms with Crippen LogP contribution in [0.4, 0.5) is 10.1 Å². The van der Waals surface area contributed by atoms with Gasteiger partial charge in [-0.2, -0.15) is 4.31 Å². The van der Waals surface area contributed by atoms with E-state index < -0.39 is 33.7 Å². The first-order chi connectivity index (χ1) is 16.5. The minimum atomic E-state index is -4.21. The summed E-state index contributed by atoms with van der Waals surface area (Å²) in [6.07, 6.45) is 2.78. The summed E-state index contributed by atoms with van der Waals surface area (Å²) >= 11 is 0. The summed E-state index contributed by atoms with van der Waals surface area (Å²) in [5.74, 6) is -1.73. The topological polar surface area (TPSA) is 87.7 Å². The fraction of sp³-hybridized carbons (Fsp3) is 0.269. The van der Waals surface area contributed by atoms with Gasteiger partial charge in [-0.3, -0.25) is 14.6 Å². The second-order valence-electron chi connectivity index (χ2n) is 8.76. The summed E-state index contributed by atoms with van der Waals surface area (Å²) in [4.78, 5) is 31.6. The molecule has 1 aromatic heterocycles. The van der Waals surface area contributed by atoms with Gasteiger partial charge in [-0.05, 0) is 85.8 Å². The highest BCUT2D eigenvalue weighted by Crippen LogP contribution is 2.34. The standard InChI is InChI=1S/C26H26FN3O4S/c1-16-12-17(2)19(4)25(18(16)3)35(33,34)29(15-20-6-5-11-28-14-20)23-13-24(31)30(26(23)32)22-9-7-21(27)8-10-22/h5-12,14,23H,13,15H2,1-4H3. The second kappa shape index (κ2) is 9.31. The Balaban J connectivity index is 1.84. The van der Waals surface area contributed by atoms with Gasteiger partial charge >= 0.3 is 0 Å². The van der Waals surface area contributed by atoms with Gasteiger partial charge in [0.1, 0.15) is 11.9 Å². The van der Waals surface area contributed by atoms with Crippen LogP contribution in [0.3, 0.4) is 0 Å². The van der Waals surface area contributed by atoms with E-state index in [1.807, 2.05) is 19.9 Å². The quantitative estimate of drug-likeness (QED) is 0.483. The smallest absolute Gasteiger partial charge is 0.252 e. The molecule has 2 amide bonds. The zero-order valence-electron chi connectivity index (χ0n) is 19.9. The Hall–Kier alpha value is -3.43. The van der Waals surface area contributed by atoms with E-state index in [4.69, 9.17) is 0 Å². The highest BCUT2D eigenvalue weighted by atomic mass is 32.2. The lowest BCUT2D eigenvalue weighted by atomic mass is 10.0. The second-order valence-corrected chi connectivity index (χ2v) is 10.6. The van der Waals surface area contributed by atoms with Gasteiger partial charge in [0, 0.05) is 18.9 Å². The third kappa shape index (κ3) is 4.49. The van der Waals surface area contributed by atoms with Crippen LogP contribution >= 0.6 is 0 Å². The summed E-state index contributed by atoms with van der Waals surface area (Å²) in [5.41, 5.74) is 3.59. The van der Waals surface area contributed by atoms with Crippen molar-refractivity contribution in [1.82, 2.24) is 9.29 Å². The number of carbonyl (C=O) groups is 2. The summed E-state index contributed by atoms with van der Waals surface area (Å²) in [6.45, 7) is 7.02. The number of hydrogen-bond donors (Lipinski definition) is 0. The molecular weight excluding hydrogens is 469 g/mol. The molecule has 1 aliphatic heterocycles. The predicted octanol–water partition coefficient (Wildman–Crippen LogP) is 3.98. The molecule has 0 saturated carbocycles. The molecule has 35 heavy (non-hydrogen) atoms. The number of rotatable bonds is 6. The molecule has 0 spiro atoms. The number of halogens is 1. The molecule has 1 saturated heterocycles. The molecule has 0 radical (unpaired) electrons. The van der Waals surface area contributed by atoms with Crippen molar-refractivity contribution in [3.05, 3.63) is 88.5 Å². The molecule has 3 aromatic rings. The molecule has 1 atom stereocenters. The van der Waals surface area contributed by atoms with Crippen LogP contribution in [0.1, 0.15) is 34.2 Å². The molecule has 2 aromatic carbocycles. The molecule has 182 valence electrons. The van der Waals surface area contributed by atoms with Crippen LogP contribution in [-0.2, 0) is 26.2 Å². The number of amides is 2. The van der Waals surface area contributed by atoms with Crippen LogP contribution in [0.5, 0.6) is 0 Å². The molecule has 0 bridgehead atoms. The van der Waals surface area contributed by atoms with E-state index in [0.29, 0.717) is 16.7 Å². The maximum Gasteiger partial charge on any atom is 0.252 e. The maximum atomic E-state index is 14.2. The Bertz CT molecular complexity index is 1380. The molecule has 4 rings (SSSR count). The van der Waals surface area contributed by atoms with E-state index in [-0.39, 0.29) is 23.5 Å². The number of aromatic nitrogens is 1. The van der Waals surface area contributed by atoms with Crippen molar-refractivity contribution in [1.29, 1.82) is 0 Å². The lowest BCUT2D eigenvalue weighted by Gasteiger charge is -2.29. The highest BCUT2D eigenvalue weighted by Gasteiger charge is 2.47. The number of hydrogen-bond acceptors (Lipinski definition) is 5. The third-order valence-electron chi connectivity index (χ3n) is 6.48. The molecule has 1 unspecified atom stereocenters. The van der Waals surface area contributed by atoms with Crippen LogP contribution in [0, 0.1) is 33.5 Å². The zero-order valence-corrected chi connectivity index (χ0v) is 20.8. The summed E-state index contributed by atoms with van der Waals surface area (Å²) in [6, 6.07) is 9.02. The number of pyridine rings is 1. The van der Waals surface area contributed by atoms with Gasteiger partial charge < -0.3 is 0 Å². The van der Waals surface area contributed by atoms with Crippen LogP contribution in [-0.4, -0.2) is 35.6 Å². The van der Waals surface area contributed by atoms with Crippen molar-refractivity contribution in [2.75, 3.05) is 4.90 Å². The molecular formula is C26H26FN3O4S. The van der Waals surface area contributed by atoms with Crippen molar-refractivity contribution in [2.45, 2.75) is 51.6 Å². The van der Waals surface area contributed by atoms with Gasteiger partial charge in [0.05, 0.1) is 17.0 Å². The minimum absolute atomic E-state index is 0.136. The van der Waals surface area contributed by atoms with E-state index in [0.717, 1.165) is 32.5 Å². The van der Waals surface area contributed by atoms with E-state index in [2.05, 4.69) is 4.98 Å². The molecule has 1 aliphatic rings. The average molecular weight is 496 g/mol. The average Bonchev–Trinajstić information content (AvgIpc) is 3.10. The van der Waals surface area contributed by atoms with Crippen LogP contribution < -0.4 is 4.90 Å². The normalized spacial score (nSPS) is 16.4. The molecule has 0 N–H and O–H groups in total.